The lowest BCUT2D eigenvalue weighted by molar-refractivity contribution is -0.108. The summed E-state index contributed by atoms with van der Waals surface area (Å²) in [5, 5.41) is 9.72. The van der Waals surface area contributed by atoms with E-state index in [0.29, 0.717) is 12.0 Å². The largest absolute Gasteiger partial charge is 0.393 e. The van der Waals surface area contributed by atoms with Gasteiger partial charge in [-0.3, -0.25) is 0 Å². The van der Waals surface area contributed by atoms with E-state index in [1.165, 1.54) is 19.3 Å². The summed E-state index contributed by atoms with van der Waals surface area (Å²) < 4.78 is 5.63. The van der Waals surface area contributed by atoms with E-state index in [4.69, 9.17) is 4.74 Å². The topological polar surface area (TPSA) is 29.5 Å². The van der Waals surface area contributed by atoms with Crippen LogP contribution in [0.15, 0.2) is 0 Å². The highest BCUT2D eigenvalue weighted by molar-refractivity contribution is 4.92. The van der Waals surface area contributed by atoms with Gasteiger partial charge in [-0.25, -0.2) is 0 Å². The number of ether oxygens (including phenoxy) is 1. The van der Waals surface area contributed by atoms with Gasteiger partial charge >= 0.3 is 0 Å². The van der Waals surface area contributed by atoms with Gasteiger partial charge in [-0.05, 0) is 38.5 Å². The summed E-state index contributed by atoms with van der Waals surface area (Å²) in [6.07, 6.45) is 4.98. The molecule has 0 amide bonds. The molecule has 0 saturated heterocycles. The van der Waals surface area contributed by atoms with Crippen LogP contribution in [0, 0.1) is 11.8 Å². The van der Waals surface area contributed by atoms with Crippen LogP contribution in [0.1, 0.15) is 32.6 Å². The van der Waals surface area contributed by atoms with E-state index in [9.17, 15) is 5.11 Å². The Kier molecular flexibility index (Phi) is 2.37. The van der Waals surface area contributed by atoms with Gasteiger partial charge in [0.25, 0.3) is 0 Å². The van der Waals surface area contributed by atoms with Crippen molar-refractivity contribution in [3.8, 4) is 0 Å². The summed E-state index contributed by atoms with van der Waals surface area (Å²) in [5.41, 5.74) is 0. The van der Waals surface area contributed by atoms with Crippen LogP contribution in [0.3, 0.4) is 0 Å². The first-order valence-electron chi connectivity index (χ1n) is 5.11. The Morgan fingerprint density at radius 3 is 2.75 bits per heavy atom. The molecule has 3 saturated carbocycles. The van der Waals surface area contributed by atoms with Crippen molar-refractivity contribution < 1.29 is 9.84 Å². The summed E-state index contributed by atoms with van der Waals surface area (Å²) >= 11 is 0. The van der Waals surface area contributed by atoms with Crippen LogP contribution in [0.5, 0.6) is 0 Å². The molecule has 0 spiro atoms. The molecule has 1 N–H and O–H groups in total. The zero-order chi connectivity index (χ0) is 8.55. The lowest BCUT2D eigenvalue weighted by Crippen LogP contribution is -2.45. The SMILES string of the molecule is CCOC1CC2CCC1C(O)C2. The number of hydrogen-bond donors (Lipinski definition) is 1. The predicted molar refractivity (Wildman–Crippen MR) is 46.9 cm³/mol. The molecule has 0 aliphatic heterocycles. The molecular formula is C10H18O2. The zero-order valence-corrected chi connectivity index (χ0v) is 7.70. The summed E-state index contributed by atoms with van der Waals surface area (Å²) in [6.45, 7) is 2.83. The molecule has 4 unspecified atom stereocenters. The van der Waals surface area contributed by atoms with E-state index in [-0.39, 0.29) is 6.10 Å². The Morgan fingerprint density at radius 2 is 2.17 bits per heavy atom. The Labute approximate surface area is 73.9 Å². The molecule has 2 bridgehead atoms. The van der Waals surface area contributed by atoms with Gasteiger partial charge in [0.1, 0.15) is 0 Å². The van der Waals surface area contributed by atoms with Crippen LogP contribution in [0.25, 0.3) is 0 Å². The van der Waals surface area contributed by atoms with Gasteiger partial charge < -0.3 is 9.84 Å². The second-order valence-electron chi connectivity index (χ2n) is 4.14. The fourth-order valence-corrected chi connectivity index (χ4v) is 2.81. The van der Waals surface area contributed by atoms with Crippen molar-refractivity contribution in [1.29, 1.82) is 0 Å². The standard InChI is InChI=1S/C10H18O2/c1-2-12-10-6-7-3-4-8(10)9(11)5-7/h7-11H,2-6H2,1H3. The maximum atomic E-state index is 9.72. The van der Waals surface area contributed by atoms with Crippen LogP contribution in [-0.4, -0.2) is 23.9 Å². The van der Waals surface area contributed by atoms with Crippen molar-refractivity contribution >= 4 is 0 Å². The molecule has 2 nitrogen and oxygen atoms in total. The molecule has 3 aliphatic rings. The minimum Gasteiger partial charge on any atom is -0.393 e. The lowest BCUT2D eigenvalue weighted by Gasteiger charge is -2.45. The number of fused-ring (bicyclic) bond motifs is 3. The highest BCUT2D eigenvalue weighted by atomic mass is 16.5. The molecular weight excluding hydrogens is 152 g/mol. The van der Waals surface area contributed by atoms with E-state index < -0.39 is 0 Å². The number of hydrogen-bond acceptors (Lipinski definition) is 2. The number of aliphatic hydroxyl groups is 1. The van der Waals surface area contributed by atoms with E-state index >= 15 is 0 Å². The first-order valence-corrected chi connectivity index (χ1v) is 5.11. The zero-order valence-electron chi connectivity index (χ0n) is 7.70. The Balaban J connectivity index is 1.99. The third-order valence-corrected chi connectivity index (χ3v) is 3.40. The molecule has 3 aliphatic carbocycles. The second kappa shape index (κ2) is 3.35. The fraction of sp³-hybridized carbons (Fsp3) is 1.00. The normalized spacial score (nSPS) is 46.5. The molecule has 12 heavy (non-hydrogen) atoms. The Hall–Kier alpha value is -0.0800. The first-order chi connectivity index (χ1) is 5.81. The molecule has 0 heterocycles. The van der Waals surface area contributed by atoms with Crippen LogP contribution < -0.4 is 0 Å². The van der Waals surface area contributed by atoms with E-state index in [2.05, 4.69) is 0 Å². The van der Waals surface area contributed by atoms with Crippen LogP contribution in [0.2, 0.25) is 0 Å². The van der Waals surface area contributed by atoms with Crippen LogP contribution >= 0.6 is 0 Å². The van der Waals surface area contributed by atoms with Gasteiger partial charge in [-0.2, -0.15) is 0 Å². The highest BCUT2D eigenvalue weighted by Crippen LogP contribution is 2.42. The third kappa shape index (κ3) is 1.38. The highest BCUT2D eigenvalue weighted by Gasteiger charge is 2.41. The van der Waals surface area contributed by atoms with Gasteiger partial charge in [-0.1, -0.05) is 0 Å². The maximum absolute atomic E-state index is 9.72. The summed E-state index contributed by atoms with van der Waals surface area (Å²) in [4.78, 5) is 0. The maximum Gasteiger partial charge on any atom is 0.0630 e. The molecule has 2 heteroatoms. The molecule has 0 aromatic heterocycles. The van der Waals surface area contributed by atoms with Crippen molar-refractivity contribution in [1.82, 2.24) is 0 Å². The van der Waals surface area contributed by atoms with Crippen LogP contribution in [0.4, 0.5) is 0 Å². The van der Waals surface area contributed by atoms with Crippen molar-refractivity contribution in [2.45, 2.75) is 44.8 Å². The molecule has 0 aromatic carbocycles. The smallest absolute Gasteiger partial charge is 0.0630 e. The average molecular weight is 170 g/mol. The summed E-state index contributed by atoms with van der Waals surface area (Å²) in [6, 6.07) is 0. The first kappa shape index (κ1) is 8.52. The number of rotatable bonds is 2. The van der Waals surface area contributed by atoms with Gasteiger partial charge in [0, 0.05) is 12.5 Å². The Bertz CT molecular complexity index is 158. The van der Waals surface area contributed by atoms with Crippen molar-refractivity contribution in [2.24, 2.45) is 11.8 Å². The minimum absolute atomic E-state index is 0.0750. The third-order valence-electron chi connectivity index (χ3n) is 3.40. The van der Waals surface area contributed by atoms with Crippen molar-refractivity contribution in [3.63, 3.8) is 0 Å². The monoisotopic (exact) mass is 170 g/mol. The second-order valence-corrected chi connectivity index (χ2v) is 4.14. The Morgan fingerprint density at radius 1 is 1.33 bits per heavy atom. The fourth-order valence-electron chi connectivity index (χ4n) is 2.81. The van der Waals surface area contributed by atoms with Gasteiger partial charge in [-0.15, -0.1) is 0 Å². The van der Waals surface area contributed by atoms with Gasteiger partial charge in [0.15, 0.2) is 0 Å². The van der Waals surface area contributed by atoms with E-state index in [1.54, 1.807) is 0 Å². The van der Waals surface area contributed by atoms with Crippen LogP contribution in [-0.2, 0) is 4.74 Å². The molecule has 70 valence electrons. The minimum atomic E-state index is -0.0750. The number of aliphatic hydroxyl groups excluding tert-OH is 1. The molecule has 3 rings (SSSR count). The molecule has 0 radical (unpaired) electrons. The van der Waals surface area contributed by atoms with Crippen molar-refractivity contribution in [2.75, 3.05) is 6.61 Å². The van der Waals surface area contributed by atoms with Gasteiger partial charge in [0.2, 0.25) is 0 Å². The van der Waals surface area contributed by atoms with E-state index in [1.807, 2.05) is 6.92 Å². The summed E-state index contributed by atoms with van der Waals surface area (Å²) in [5.74, 6) is 1.18. The van der Waals surface area contributed by atoms with E-state index in [0.717, 1.165) is 18.9 Å². The quantitative estimate of drug-likeness (QED) is 0.681. The molecule has 4 atom stereocenters. The van der Waals surface area contributed by atoms with Gasteiger partial charge in [0.05, 0.1) is 12.2 Å². The molecule has 3 fully saturated rings. The summed E-state index contributed by atoms with van der Waals surface area (Å²) in [7, 11) is 0. The lowest BCUT2D eigenvalue weighted by atomic mass is 9.67. The predicted octanol–water partition coefficient (Wildman–Crippen LogP) is 1.57. The molecule has 0 aromatic rings. The van der Waals surface area contributed by atoms with Crippen molar-refractivity contribution in [3.05, 3.63) is 0 Å². The average Bonchev–Trinajstić information content (AvgIpc) is 2.05.